The van der Waals surface area contributed by atoms with Crippen molar-refractivity contribution in [2.75, 3.05) is 10.5 Å². The van der Waals surface area contributed by atoms with E-state index >= 15 is 0 Å². The van der Waals surface area contributed by atoms with E-state index in [0.29, 0.717) is 14.3 Å². The SMILES string of the molecule is Cc1cc(S(=O)(=O)Nc2ccc(Cl)cc2I)cc(N)c1F. The molecule has 21 heavy (non-hydrogen) atoms. The van der Waals surface area contributed by atoms with Gasteiger partial charge in [-0.25, -0.2) is 12.8 Å². The molecular weight excluding hydrogens is 430 g/mol. The Bertz CT molecular complexity index is 789. The molecule has 0 heterocycles. The number of rotatable bonds is 3. The number of benzene rings is 2. The highest BCUT2D eigenvalue weighted by molar-refractivity contribution is 14.1. The van der Waals surface area contributed by atoms with Crippen molar-refractivity contribution in [3.63, 3.8) is 0 Å². The highest BCUT2D eigenvalue weighted by atomic mass is 127. The third kappa shape index (κ3) is 3.58. The van der Waals surface area contributed by atoms with Gasteiger partial charge in [0.1, 0.15) is 5.82 Å². The lowest BCUT2D eigenvalue weighted by Crippen LogP contribution is -2.14. The highest BCUT2D eigenvalue weighted by Crippen LogP contribution is 2.26. The second-order valence-electron chi connectivity index (χ2n) is 4.37. The summed E-state index contributed by atoms with van der Waals surface area (Å²) in [4.78, 5) is -0.0929. The average molecular weight is 441 g/mol. The molecule has 2 aromatic rings. The summed E-state index contributed by atoms with van der Waals surface area (Å²) in [5, 5.41) is 0.504. The predicted octanol–water partition coefficient (Wildman–Crippen LogP) is 3.78. The zero-order valence-electron chi connectivity index (χ0n) is 10.8. The van der Waals surface area contributed by atoms with E-state index in [-0.39, 0.29) is 16.1 Å². The van der Waals surface area contributed by atoms with Gasteiger partial charge >= 0.3 is 0 Å². The molecule has 0 spiro atoms. The first-order valence-corrected chi connectivity index (χ1v) is 8.68. The molecule has 4 nitrogen and oxygen atoms in total. The van der Waals surface area contributed by atoms with Crippen LogP contribution in [0.25, 0.3) is 0 Å². The number of aryl methyl sites for hydroxylation is 1. The van der Waals surface area contributed by atoms with Gasteiger partial charge in [-0.15, -0.1) is 0 Å². The van der Waals surface area contributed by atoms with Gasteiger partial charge in [0, 0.05) is 8.59 Å². The van der Waals surface area contributed by atoms with Gasteiger partial charge in [-0.2, -0.15) is 0 Å². The van der Waals surface area contributed by atoms with Gasteiger partial charge < -0.3 is 5.73 Å². The maximum Gasteiger partial charge on any atom is 0.262 e. The van der Waals surface area contributed by atoms with Gasteiger partial charge in [0.15, 0.2) is 0 Å². The topological polar surface area (TPSA) is 72.2 Å². The number of hydrogen-bond acceptors (Lipinski definition) is 3. The van der Waals surface area contributed by atoms with E-state index in [1.807, 2.05) is 22.6 Å². The molecule has 112 valence electrons. The van der Waals surface area contributed by atoms with Crippen LogP contribution in [-0.4, -0.2) is 8.42 Å². The Morgan fingerprint density at radius 1 is 1.29 bits per heavy atom. The Balaban J connectivity index is 2.43. The van der Waals surface area contributed by atoms with Crippen molar-refractivity contribution in [1.82, 2.24) is 0 Å². The summed E-state index contributed by atoms with van der Waals surface area (Å²) in [5.74, 6) is -0.616. The second-order valence-corrected chi connectivity index (χ2v) is 7.65. The number of nitrogen functional groups attached to an aromatic ring is 1. The van der Waals surface area contributed by atoms with E-state index in [9.17, 15) is 12.8 Å². The van der Waals surface area contributed by atoms with Gasteiger partial charge in [-0.3, -0.25) is 4.72 Å². The van der Waals surface area contributed by atoms with E-state index in [1.54, 1.807) is 18.2 Å². The summed E-state index contributed by atoms with van der Waals surface area (Å²) in [6, 6.07) is 7.09. The first kappa shape index (κ1) is 16.3. The van der Waals surface area contributed by atoms with Crippen molar-refractivity contribution < 1.29 is 12.8 Å². The molecule has 0 bridgehead atoms. The smallest absolute Gasteiger partial charge is 0.262 e. The summed E-state index contributed by atoms with van der Waals surface area (Å²) in [6.45, 7) is 1.46. The first-order valence-electron chi connectivity index (χ1n) is 5.74. The molecule has 0 aliphatic heterocycles. The minimum Gasteiger partial charge on any atom is -0.396 e. The summed E-state index contributed by atoms with van der Waals surface area (Å²) < 4.78 is 41.2. The van der Waals surface area contributed by atoms with Crippen molar-refractivity contribution in [3.05, 3.63) is 50.3 Å². The van der Waals surface area contributed by atoms with Crippen LogP contribution in [0.1, 0.15) is 5.56 Å². The number of anilines is 2. The Labute approximate surface area is 140 Å². The molecule has 0 saturated carbocycles. The lowest BCUT2D eigenvalue weighted by Gasteiger charge is -2.12. The number of nitrogens with two attached hydrogens (primary N) is 1. The van der Waals surface area contributed by atoms with E-state index in [1.165, 1.54) is 13.0 Å². The maximum atomic E-state index is 13.5. The number of sulfonamides is 1. The van der Waals surface area contributed by atoms with Crippen LogP contribution in [0.3, 0.4) is 0 Å². The molecule has 0 saturated heterocycles. The van der Waals surface area contributed by atoms with Crippen molar-refractivity contribution in [1.29, 1.82) is 0 Å². The molecule has 0 amide bonds. The van der Waals surface area contributed by atoms with Gasteiger partial charge in [0.05, 0.1) is 16.3 Å². The Kier molecular flexibility index (Phi) is 4.64. The largest absolute Gasteiger partial charge is 0.396 e. The van der Waals surface area contributed by atoms with Crippen LogP contribution >= 0.6 is 34.2 Å². The molecule has 0 fully saturated rings. The fourth-order valence-corrected chi connectivity index (χ4v) is 4.08. The fourth-order valence-electron chi connectivity index (χ4n) is 1.69. The minimum absolute atomic E-state index is 0.0929. The summed E-state index contributed by atoms with van der Waals surface area (Å²) >= 11 is 7.79. The fraction of sp³-hybridized carbons (Fsp3) is 0.0769. The van der Waals surface area contributed by atoms with Gasteiger partial charge in [0.2, 0.25) is 0 Å². The standard InChI is InChI=1S/C13H11ClFIN2O2S/c1-7-4-9(6-11(17)13(7)15)21(19,20)18-12-3-2-8(14)5-10(12)16/h2-6,18H,17H2,1H3. The van der Waals surface area contributed by atoms with E-state index in [4.69, 9.17) is 17.3 Å². The van der Waals surface area contributed by atoms with Crippen molar-refractivity contribution >= 4 is 55.6 Å². The van der Waals surface area contributed by atoms with Crippen LogP contribution in [0.5, 0.6) is 0 Å². The highest BCUT2D eigenvalue weighted by Gasteiger charge is 2.18. The normalized spacial score (nSPS) is 11.4. The zero-order valence-corrected chi connectivity index (χ0v) is 14.6. The molecular formula is C13H11ClFIN2O2S. The zero-order chi connectivity index (χ0) is 15.8. The molecule has 0 radical (unpaired) electrons. The van der Waals surface area contributed by atoms with Crippen molar-refractivity contribution in [2.45, 2.75) is 11.8 Å². The number of hydrogen-bond donors (Lipinski definition) is 2. The molecule has 0 aliphatic rings. The molecule has 8 heteroatoms. The van der Waals surface area contributed by atoms with Crippen LogP contribution in [0.2, 0.25) is 5.02 Å². The van der Waals surface area contributed by atoms with Gasteiger partial charge in [-0.05, 0) is 65.4 Å². The molecule has 0 aliphatic carbocycles. The third-order valence-corrected chi connectivity index (χ3v) is 5.21. The molecule has 3 N–H and O–H groups in total. The molecule has 0 aromatic heterocycles. The van der Waals surface area contributed by atoms with Crippen LogP contribution in [0.15, 0.2) is 35.2 Å². The summed E-state index contributed by atoms with van der Waals surface area (Å²) in [7, 11) is -3.85. The number of nitrogens with one attached hydrogen (secondary N) is 1. The molecule has 2 aromatic carbocycles. The predicted molar refractivity (Wildman–Crippen MR) is 90.5 cm³/mol. The molecule has 2 rings (SSSR count). The van der Waals surface area contributed by atoms with Crippen LogP contribution < -0.4 is 10.5 Å². The molecule has 0 unspecified atom stereocenters. The minimum atomic E-state index is -3.85. The van der Waals surface area contributed by atoms with Crippen LogP contribution in [0.4, 0.5) is 15.8 Å². The average Bonchev–Trinajstić information content (AvgIpc) is 2.38. The van der Waals surface area contributed by atoms with Crippen molar-refractivity contribution in [3.8, 4) is 0 Å². The third-order valence-electron chi connectivity index (χ3n) is 2.74. The Hall–Kier alpha value is -1.06. The Morgan fingerprint density at radius 3 is 2.52 bits per heavy atom. The van der Waals surface area contributed by atoms with E-state index in [2.05, 4.69) is 4.72 Å². The van der Waals surface area contributed by atoms with E-state index < -0.39 is 15.8 Å². The van der Waals surface area contributed by atoms with Gasteiger partial charge in [0.25, 0.3) is 10.0 Å². The summed E-state index contributed by atoms with van der Waals surface area (Å²) in [5.41, 5.74) is 5.83. The molecule has 0 atom stereocenters. The second kappa shape index (κ2) is 5.98. The first-order chi connectivity index (χ1) is 9.70. The summed E-state index contributed by atoms with van der Waals surface area (Å²) in [6.07, 6.45) is 0. The van der Waals surface area contributed by atoms with Gasteiger partial charge in [-0.1, -0.05) is 11.6 Å². The quantitative estimate of drug-likeness (QED) is 0.564. The van der Waals surface area contributed by atoms with E-state index in [0.717, 1.165) is 6.07 Å². The number of halogens is 3. The van der Waals surface area contributed by atoms with Crippen LogP contribution in [-0.2, 0) is 10.0 Å². The Morgan fingerprint density at radius 2 is 1.95 bits per heavy atom. The monoisotopic (exact) mass is 440 g/mol. The maximum absolute atomic E-state index is 13.5. The van der Waals surface area contributed by atoms with Crippen LogP contribution in [0, 0.1) is 16.3 Å². The lowest BCUT2D eigenvalue weighted by atomic mass is 10.2. The van der Waals surface area contributed by atoms with Crippen molar-refractivity contribution in [2.24, 2.45) is 0 Å². The lowest BCUT2D eigenvalue weighted by molar-refractivity contribution is 0.599.